The fourth-order valence-electron chi connectivity index (χ4n) is 3.04. The molecule has 0 atom stereocenters. The largest absolute Gasteiger partial charge is 0.497 e. The molecule has 0 aromatic heterocycles. The SMILES string of the molecule is COc1ccc(NC(=S)N2CCN(Cc3ccc(C(F)(F)F)cc3)CC2)cc1. The molecule has 1 saturated heterocycles. The molecular formula is C20H22F3N3OS. The van der Waals surface area contributed by atoms with Gasteiger partial charge >= 0.3 is 6.18 Å². The Morgan fingerprint density at radius 2 is 1.61 bits per heavy atom. The van der Waals surface area contributed by atoms with E-state index < -0.39 is 11.7 Å². The number of hydrogen-bond acceptors (Lipinski definition) is 3. The smallest absolute Gasteiger partial charge is 0.416 e. The van der Waals surface area contributed by atoms with Crippen LogP contribution in [0, 0.1) is 0 Å². The van der Waals surface area contributed by atoms with Gasteiger partial charge in [-0.05, 0) is 54.2 Å². The molecule has 0 saturated carbocycles. The molecule has 2 aromatic rings. The van der Waals surface area contributed by atoms with Gasteiger partial charge in [-0.15, -0.1) is 0 Å². The summed E-state index contributed by atoms with van der Waals surface area (Å²) in [5.41, 5.74) is 1.16. The van der Waals surface area contributed by atoms with Crippen LogP contribution in [0.15, 0.2) is 48.5 Å². The number of nitrogens with one attached hydrogen (secondary N) is 1. The second-order valence-electron chi connectivity index (χ2n) is 6.62. The highest BCUT2D eigenvalue weighted by molar-refractivity contribution is 7.80. The lowest BCUT2D eigenvalue weighted by Crippen LogP contribution is -2.49. The van der Waals surface area contributed by atoms with E-state index in [-0.39, 0.29) is 0 Å². The van der Waals surface area contributed by atoms with Gasteiger partial charge in [-0.3, -0.25) is 4.90 Å². The molecule has 8 heteroatoms. The van der Waals surface area contributed by atoms with E-state index >= 15 is 0 Å². The van der Waals surface area contributed by atoms with Crippen molar-refractivity contribution < 1.29 is 17.9 Å². The monoisotopic (exact) mass is 409 g/mol. The summed E-state index contributed by atoms with van der Waals surface area (Å²) in [6, 6.07) is 12.9. The third-order valence-corrected chi connectivity index (χ3v) is 5.05. The minimum atomic E-state index is -4.29. The summed E-state index contributed by atoms with van der Waals surface area (Å²) < 4.78 is 43.1. The second-order valence-corrected chi connectivity index (χ2v) is 7.00. The first-order valence-corrected chi connectivity index (χ1v) is 9.34. The first-order valence-electron chi connectivity index (χ1n) is 8.93. The molecule has 1 heterocycles. The van der Waals surface area contributed by atoms with Gasteiger partial charge in [0.1, 0.15) is 5.75 Å². The number of anilines is 1. The van der Waals surface area contributed by atoms with Gasteiger partial charge < -0.3 is 15.0 Å². The van der Waals surface area contributed by atoms with E-state index in [9.17, 15) is 13.2 Å². The molecule has 1 fully saturated rings. The van der Waals surface area contributed by atoms with E-state index in [1.165, 1.54) is 0 Å². The van der Waals surface area contributed by atoms with E-state index in [2.05, 4.69) is 15.1 Å². The van der Waals surface area contributed by atoms with Crippen molar-refractivity contribution in [3.63, 3.8) is 0 Å². The van der Waals surface area contributed by atoms with Crippen LogP contribution in [0.2, 0.25) is 0 Å². The number of halogens is 3. The first-order chi connectivity index (χ1) is 13.3. The van der Waals surface area contributed by atoms with Gasteiger partial charge in [0.05, 0.1) is 12.7 Å². The lowest BCUT2D eigenvalue weighted by molar-refractivity contribution is -0.137. The van der Waals surface area contributed by atoms with Crippen molar-refractivity contribution in [2.75, 3.05) is 38.6 Å². The average molecular weight is 409 g/mol. The van der Waals surface area contributed by atoms with Gasteiger partial charge in [-0.25, -0.2) is 0 Å². The van der Waals surface area contributed by atoms with Crippen LogP contribution in [0.25, 0.3) is 0 Å². The summed E-state index contributed by atoms with van der Waals surface area (Å²) in [5.74, 6) is 0.786. The molecule has 0 radical (unpaired) electrons. The van der Waals surface area contributed by atoms with Gasteiger partial charge in [0.2, 0.25) is 0 Å². The van der Waals surface area contributed by atoms with Crippen LogP contribution in [-0.4, -0.2) is 48.2 Å². The van der Waals surface area contributed by atoms with Crippen molar-refractivity contribution in [2.24, 2.45) is 0 Å². The number of nitrogens with zero attached hydrogens (tertiary/aromatic N) is 2. The Balaban J connectivity index is 1.47. The average Bonchev–Trinajstić information content (AvgIpc) is 2.69. The number of alkyl halides is 3. The van der Waals surface area contributed by atoms with Crippen LogP contribution in [0.5, 0.6) is 5.75 Å². The molecule has 0 unspecified atom stereocenters. The van der Waals surface area contributed by atoms with Crippen molar-refractivity contribution >= 4 is 23.0 Å². The summed E-state index contributed by atoms with van der Waals surface area (Å²) in [4.78, 5) is 4.32. The molecule has 0 aliphatic carbocycles. The zero-order valence-electron chi connectivity index (χ0n) is 15.5. The minimum Gasteiger partial charge on any atom is -0.497 e. The Bertz CT molecular complexity index is 786. The molecule has 0 spiro atoms. The van der Waals surface area contributed by atoms with Gasteiger partial charge in [0, 0.05) is 38.4 Å². The van der Waals surface area contributed by atoms with Gasteiger partial charge in [0.15, 0.2) is 5.11 Å². The molecule has 150 valence electrons. The summed E-state index contributed by atoms with van der Waals surface area (Å²) >= 11 is 5.49. The first kappa shape index (κ1) is 20.4. The molecule has 0 bridgehead atoms. The molecule has 0 amide bonds. The summed E-state index contributed by atoms with van der Waals surface area (Å²) in [6.07, 6.45) is -4.29. The highest BCUT2D eigenvalue weighted by atomic mass is 32.1. The third-order valence-electron chi connectivity index (χ3n) is 4.69. The Morgan fingerprint density at radius 3 is 2.14 bits per heavy atom. The molecular weight excluding hydrogens is 387 g/mol. The van der Waals surface area contributed by atoms with Crippen molar-refractivity contribution in [3.8, 4) is 5.75 Å². The standard InChI is InChI=1S/C20H22F3N3OS/c1-27-18-8-6-17(7-9-18)24-19(28)26-12-10-25(11-13-26)14-15-2-4-16(5-3-15)20(21,22)23/h2-9H,10-14H2,1H3,(H,24,28). The second kappa shape index (κ2) is 8.79. The lowest BCUT2D eigenvalue weighted by Gasteiger charge is -2.36. The highest BCUT2D eigenvalue weighted by Gasteiger charge is 2.30. The van der Waals surface area contributed by atoms with E-state index in [0.717, 1.165) is 55.3 Å². The number of benzene rings is 2. The van der Waals surface area contributed by atoms with Crippen LogP contribution < -0.4 is 10.1 Å². The Labute approximate surface area is 167 Å². The van der Waals surface area contributed by atoms with Crippen molar-refractivity contribution in [2.45, 2.75) is 12.7 Å². The van der Waals surface area contributed by atoms with Crippen LogP contribution >= 0.6 is 12.2 Å². The zero-order valence-corrected chi connectivity index (χ0v) is 16.3. The number of rotatable bonds is 4. The predicted octanol–water partition coefficient (Wildman–Crippen LogP) is 4.23. The number of thiocarbonyl (C=S) groups is 1. The molecule has 28 heavy (non-hydrogen) atoms. The van der Waals surface area contributed by atoms with Crippen molar-refractivity contribution in [1.29, 1.82) is 0 Å². The maximum Gasteiger partial charge on any atom is 0.416 e. The summed E-state index contributed by atoms with van der Waals surface area (Å²) in [6.45, 7) is 3.76. The molecule has 3 rings (SSSR count). The highest BCUT2D eigenvalue weighted by Crippen LogP contribution is 2.29. The van der Waals surface area contributed by atoms with Crippen LogP contribution in [0.3, 0.4) is 0 Å². The maximum atomic E-state index is 12.7. The number of ether oxygens (including phenoxy) is 1. The van der Waals surface area contributed by atoms with Crippen LogP contribution in [0.1, 0.15) is 11.1 Å². The fourth-order valence-corrected chi connectivity index (χ4v) is 3.34. The fraction of sp³-hybridized carbons (Fsp3) is 0.350. The van der Waals surface area contributed by atoms with Crippen molar-refractivity contribution in [1.82, 2.24) is 9.80 Å². The van der Waals surface area contributed by atoms with Crippen LogP contribution in [0.4, 0.5) is 18.9 Å². The predicted molar refractivity (Wildman–Crippen MR) is 108 cm³/mol. The molecule has 1 aliphatic rings. The zero-order chi connectivity index (χ0) is 20.1. The quantitative estimate of drug-likeness (QED) is 0.763. The van der Waals surface area contributed by atoms with Gasteiger partial charge in [0.25, 0.3) is 0 Å². The normalized spacial score (nSPS) is 15.4. The minimum absolute atomic E-state index is 0.615. The number of methoxy groups -OCH3 is 1. The summed E-state index contributed by atoms with van der Waals surface area (Å²) in [5, 5.41) is 3.89. The lowest BCUT2D eigenvalue weighted by atomic mass is 10.1. The molecule has 1 aliphatic heterocycles. The Hall–Kier alpha value is -2.32. The maximum absolute atomic E-state index is 12.7. The van der Waals surface area contributed by atoms with E-state index in [4.69, 9.17) is 17.0 Å². The number of piperazine rings is 1. The van der Waals surface area contributed by atoms with E-state index in [1.807, 2.05) is 24.3 Å². The van der Waals surface area contributed by atoms with Gasteiger partial charge in [-0.1, -0.05) is 12.1 Å². The van der Waals surface area contributed by atoms with E-state index in [1.54, 1.807) is 19.2 Å². The van der Waals surface area contributed by atoms with Crippen LogP contribution in [-0.2, 0) is 12.7 Å². The van der Waals surface area contributed by atoms with Crippen molar-refractivity contribution in [3.05, 3.63) is 59.7 Å². The Morgan fingerprint density at radius 1 is 1.00 bits per heavy atom. The molecule has 1 N–H and O–H groups in total. The molecule has 4 nitrogen and oxygen atoms in total. The third kappa shape index (κ3) is 5.36. The van der Waals surface area contributed by atoms with E-state index in [0.29, 0.717) is 11.7 Å². The topological polar surface area (TPSA) is 27.7 Å². The number of hydrogen-bond donors (Lipinski definition) is 1. The Kier molecular flexibility index (Phi) is 6.41. The van der Waals surface area contributed by atoms with Gasteiger partial charge in [-0.2, -0.15) is 13.2 Å². The molecule has 2 aromatic carbocycles. The summed E-state index contributed by atoms with van der Waals surface area (Å²) in [7, 11) is 1.62.